The van der Waals surface area contributed by atoms with Crippen LogP contribution in [-0.2, 0) is 9.59 Å². The molecule has 2 aromatic rings. The number of halogens is 1. The number of piperazine rings is 1. The van der Waals surface area contributed by atoms with Gasteiger partial charge in [-0.3, -0.25) is 9.59 Å². The van der Waals surface area contributed by atoms with Gasteiger partial charge in [0.2, 0.25) is 17.8 Å². The second-order valence-electron chi connectivity index (χ2n) is 9.41. The van der Waals surface area contributed by atoms with Crippen molar-refractivity contribution in [3.05, 3.63) is 41.0 Å². The van der Waals surface area contributed by atoms with Crippen molar-refractivity contribution in [3.8, 4) is 0 Å². The minimum absolute atomic E-state index is 0.0160. The summed E-state index contributed by atoms with van der Waals surface area (Å²) in [6.45, 7) is 7.13. The molecular formula is C25H31ClN6O2. The molecule has 3 aliphatic rings. The largest absolute Gasteiger partial charge is 0.356 e. The molecule has 8 nitrogen and oxygen atoms in total. The van der Waals surface area contributed by atoms with Crippen molar-refractivity contribution < 1.29 is 9.59 Å². The van der Waals surface area contributed by atoms with Gasteiger partial charge in [0.05, 0.1) is 5.92 Å². The number of benzene rings is 1. The zero-order valence-electron chi connectivity index (χ0n) is 19.6. The van der Waals surface area contributed by atoms with Gasteiger partial charge in [0.1, 0.15) is 5.82 Å². The van der Waals surface area contributed by atoms with E-state index < -0.39 is 0 Å². The second kappa shape index (κ2) is 9.78. The van der Waals surface area contributed by atoms with E-state index in [2.05, 4.69) is 20.9 Å². The van der Waals surface area contributed by atoms with Crippen LogP contribution in [0.5, 0.6) is 0 Å². The van der Waals surface area contributed by atoms with E-state index >= 15 is 0 Å². The third-order valence-electron chi connectivity index (χ3n) is 7.00. The average Bonchev–Trinajstić information content (AvgIpc) is 3.26. The van der Waals surface area contributed by atoms with E-state index in [1.807, 2.05) is 24.0 Å². The molecule has 3 saturated heterocycles. The quantitative estimate of drug-likeness (QED) is 0.666. The first-order valence-electron chi connectivity index (χ1n) is 12.2. The van der Waals surface area contributed by atoms with E-state index in [1.165, 1.54) is 19.3 Å². The number of aryl methyl sites for hydroxylation is 1. The summed E-state index contributed by atoms with van der Waals surface area (Å²) in [4.78, 5) is 43.4. The van der Waals surface area contributed by atoms with Crippen LogP contribution in [0, 0.1) is 12.8 Å². The predicted molar refractivity (Wildman–Crippen MR) is 134 cm³/mol. The summed E-state index contributed by atoms with van der Waals surface area (Å²) in [5.41, 5.74) is 1.76. The fourth-order valence-corrected chi connectivity index (χ4v) is 5.22. The summed E-state index contributed by atoms with van der Waals surface area (Å²) < 4.78 is 0. The van der Waals surface area contributed by atoms with Crippen molar-refractivity contribution in [2.75, 3.05) is 60.5 Å². The molecule has 3 aliphatic heterocycles. The smallest absolute Gasteiger partial charge is 0.228 e. The van der Waals surface area contributed by atoms with Gasteiger partial charge >= 0.3 is 0 Å². The van der Waals surface area contributed by atoms with Crippen molar-refractivity contribution in [1.82, 2.24) is 14.9 Å². The van der Waals surface area contributed by atoms with Crippen molar-refractivity contribution in [2.45, 2.75) is 32.6 Å². The van der Waals surface area contributed by atoms with Gasteiger partial charge in [-0.25, -0.2) is 4.98 Å². The van der Waals surface area contributed by atoms with Gasteiger partial charge in [0.15, 0.2) is 0 Å². The summed E-state index contributed by atoms with van der Waals surface area (Å²) >= 11 is 5.97. The lowest BCUT2D eigenvalue weighted by Gasteiger charge is -2.36. The third-order valence-corrected chi connectivity index (χ3v) is 7.25. The number of amides is 2. The topological polar surface area (TPSA) is 72.9 Å². The van der Waals surface area contributed by atoms with E-state index in [0.29, 0.717) is 37.7 Å². The molecule has 180 valence electrons. The number of hydrogen-bond donors (Lipinski definition) is 0. The zero-order valence-corrected chi connectivity index (χ0v) is 20.4. The molecule has 34 heavy (non-hydrogen) atoms. The standard InChI is InChI=1S/C25H31ClN6O2/c1-18-15-22(29-9-3-2-4-10-29)28-25(27-18)31-13-11-30(12-14-31)24(34)19-16-23(33)32(17-19)21-7-5-20(26)6-8-21/h5-8,15,19H,2-4,9-14,16-17H2,1H3. The molecular weight excluding hydrogens is 452 g/mol. The van der Waals surface area contributed by atoms with E-state index in [1.54, 1.807) is 17.0 Å². The highest BCUT2D eigenvalue weighted by Gasteiger charge is 2.38. The second-order valence-corrected chi connectivity index (χ2v) is 9.85. The van der Waals surface area contributed by atoms with Crippen LogP contribution in [0.15, 0.2) is 30.3 Å². The summed E-state index contributed by atoms with van der Waals surface area (Å²) in [5.74, 6) is 1.49. The van der Waals surface area contributed by atoms with Gasteiger partial charge in [-0.1, -0.05) is 11.6 Å². The van der Waals surface area contributed by atoms with E-state index in [0.717, 1.165) is 36.2 Å². The number of hydrogen-bond acceptors (Lipinski definition) is 6. The van der Waals surface area contributed by atoms with Crippen molar-refractivity contribution in [1.29, 1.82) is 0 Å². The number of carbonyl (C=O) groups is 2. The SMILES string of the molecule is Cc1cc(N2CCCCC2)nc(N2CCN(C(=O)C3CC(=O)N(c4ccc(Cl)cc4)C3)CC2)n1. The van der Waals surface area contributed by atoms with Crippen LogP contribution in [0.4, 0.5) is 17.5 Å². The molecule has 2 amide bonds. The predicted octanol–water partition coefficient (Wildman–Crippen LogP) is 3.13. The summed E-state index contributed by atoms with van der Waals surface area (Å²) in [6, 6.07) is 9.25. The van der Waals surface area contributed by atoms with Crippen molar-refractivity contribution in [2.24, 2.45) is 5.92 Å². The molecule has 5 rings (SSSR count). The number of nitrogens with zero attached hydrogens (tertiary/aromatic N) is 6. The molecule has 0 bridgehead atoms. The van der Waals surface area contributed by atoms with Gasteiger partial charge in [-0.15, -0.1) is 0 Å². The number of aromatic nitrogens is 2. The average molecular weight is 483 g/mol. The van der Waals surface area contributed by atoms with E-state index in [9.17, 15) is 9.59 Å². The Balaban J connectivity index is 1.20. The molecule has 3 fully saturated rings. The van der Waals surface area contributed by atoms with E-state index in [-0.39, 0.29) is 24.2 Å². The lowest BCUT2D eigenvalue weighted by atomic mass is 10.1. The van der Waals surface area contributed by atoms with Crippen LogP contribution in [0.25, 0.3) is 0 Å². The van der Waals surface area contributed by atoms with Crippen LogP contribution in [0.1, 0.15) is 31.4 Å². The molecule has 1 aromatic heterocycles. The Morgan fingerprint density at radius 2 is 1.65 bits per heavy atom. The van der Waals surface area contributed by atoms with Crippen LogP contribution in [0.2, 0.25) is 5.02 Å². The monoisotopic (exact) mass is 482 g/mol. The van der Waals surface area contributed by atoms with Gasteiger partial charge < -0.3 is 19.6 Å². The molecule has 9 heteroatoms. The minimum atomic E-state index is -0.310. The highest BCUT2D eigenvalue weighted by atomic mass is 35.5. The Hall–Kier alpha value is -2.87. The fourth-order valence-electron chi connectivity index (χ4n) is 5.09. The van der Waals surface area contributed by atoms with Gasteiger partial charge in [0, 0.05) is 74.7 Å². The number of anilines is 3. The maximum absolute atomic E-state index is 13.2. The zero-order chi connectivity index (χ0) is 23.7. The Morgan fingerprint density at radius 3 is 2.35 bits per heavy atom. The Kier molecular flexibility index (Phi) is 6.59. The lowest BCUT2D eigenvalue weighted by molar-refractivity contribution is -0.136. The first-order valence-corrected chi connectivity index (χ1v) is 12.6. The van der Waals surface area contributed by atoms with Gasteiger partial charge in [-0.05, 0) is 50.5 Å². The summed E-state index contributed by atoms with van der Waals surface area (Å²) in [6.07, 6.45) is 3.95. The van der Waals surface area contributed by atoms with Crippen LogP contribution in [0.3, 0.4) is 0 Å². The molecule has 1 unspecified atom stereocenters. The Labute approximate surface area is 205 Å². The fraction of sp³-hybridized carbons (Fsp3) is 0.520. The number of piperidine rings is 1. The first-order chi connectivity index (χ1) is 16.5. The maximum atomic E-state index is 13.2. The van der Waals surface area contributed by atoms with Crippen molar-refractivity contribution in [3.63, 3.8) is 0 Å². The van der Waals surface area contributed by atoms with Gasteiger partial charge in [0.25, 0.3) is 0 Å². The number of rotatable bonds is 4. The summed E-state index contributed by atoms with van der Waals surface area (Å²) in [7, 11) is 0. The molecule has 0 N–H and O–H groups in total. The van der Waals surface area contributed by atoms with Crippen LogP contribution < -0.4 is 14.7 Å². The molecule has 0 aliphatic carbocycles. The highest BCUT2D eigenvalue weighted by Crippen LogP contribution is 2.28. The van der Waals surface area contributed by atoms with Crippen LogP contribution >= 0.6 is 11.6 Å². The molecule has 0 saturated carbocycles. The van der Waals surface area contributed by atoms with Crippen molar-refractivity contribution >= 4 is 40.9 Å². The van der Waals surface area contributed by atoms with Crippen LogP contribution in [-0.4, -0.2) is 72.5 Å². The molecule has 0 spiro atoms. The molecule has 0 radical (unpaired) electrons. The normalized spacial score (nSPS) is 21.4. The maximum Gasteiger partial charge on any atom is 0.228 e. The number of carbonyl (C=O) groups excluding carboxylic acids is 2. The van der Waals surface area contributed by atoms with E-state index in [4.69, 9.17) is 16.6 Å². The Bertz CT molecular complexity index is 1050. The third kappa shape index (κ3) is 4.82. The summed E-state index contributed by atoms with van der Waals surface area (Å²) in [5, 5.41) is 0.626. The lowest BCUT2D eigenvalue weighted by Crippen LogP contribution is -2.51. The minimum Gasteiger partial charge on any atom is -0.356 e. The first kappa shape index (κ1) is 22.9. The molecule has 1 atom stereocenters. The molecule has 4 heterocycles. The highest BCUT2D eigenvalue weighted by molar-refractivity contribution is 6.30. The molecule has 1 aromatic carbocycles. The Morgan fingerprint density at radius 1 is 0.941 bits per heavy atom. The van der Waals surface area contributed by atoms with Gasteiger partial charge in [-0.2, -0.15) is 4.98 Å².